The summed E-state index contributed by atoms with van der Waals surface area (Å²) in [6.45, 7) is 4.58. The van der Waals surface area contributed by atoms with Gasteiger partial charge in [-0.05, 0) is 55.3 Å². The van der Waals surface area contributed by atoms with Crippen LogP contribution in [0.25, 0.3) is 17.0 Å². The number of aryl methyl sites for hydroxylation is 1. The number of ether oxygens (including phenoxy) is 1. The summed E-state index contributed by atoms with van der Waals surface area (Å²) in [5.41, 5.74) is 2.05. The van der Waals surface area contributed by atoms with Gasteiger partial charge in [0, 0.05) is 10.9 Å². The van der Waals surface area contributed by atoms with E-state index in [2.05, 4.69) is 6.92 Å². The van der Waals surface area contributed by atoms with Crippen LogP contribution in [0.2, 0.25) is 0 Å². The first kappa shape index (κ1) is 17.9. The number of furan rings is 1. The van der Waals surface area contributed by atoms with Crippen molar-refractivity contribution in [3.8, 4) is 5.75 Å². The van der Waals surface area contributed by atoms with Crippen LogP contribution < -0.4 is 4.74 Å². The van der Waals surface area contributed by atoms with E-state index < -0.39 is 0 Å². The van der Waals surface area contributed by atoms with Gasteiger partial charge in [0.05, 0.1) is 6.61 Å². The summed E-state index contributed by atoms with van der Waals surface area (Å²) >= 11 is 0. The number of benzene rings is 2. The van der Waals surface area contributed by atoms with Crippen LogP contribution >= 0.6 is 0 Å². The summed E-state index contributed by atoms with van der Waals surface area (Å²) in [4.78, 5) is 12.4. The van der Waals surface area contributed by atoms with Gasteiger partial charge in [-0.25, -0.2) is 4.39 Å². The van der Waals surface area contributed by atoms with E-state index in [1.165, 1.54) is 24.3 Å². The Balaban J connectivity index is 1.72. The highest BCUT2D eigenvalue weighted by Crippen LogP contribution is 2.26. The Labute approximate surface area is 152 Å². The summed E-state index contributed by atoms with van der Waals surface area (Å²) in [6, 6.07) is 11.8. The zero-order valence-corrected chi connectivity index (χ0v) is 14.9. The second-order valence-electron chi connectivity index (χ2n) is 6.17. The van der Waals surface area contributed by atoms with Crippen LogP contribution in [0.15, 0.2) is 53.0 Å². The van der Waals surface area contributed by atoms with Crippen molar-refractivity contribution in [3.05, 3.63) is 71.2 Å². The van der Waals surface area contributed by atoms with Gasteiger partial charge in [0.1, 0.15) is 17.1 Å². The highest BCUT2D eigenvalue weighted by atomic mass is 19.1. The average Bonchev–Trinajstić information content (AvgIpc) is 2.97. The highest BCUT2D eigenvalue weighted by molar-refractivity contribution is 6.08. The molecule has 0 aliphatic carbocycles. The zero-order valence-electron chi connectivity index (χ0n) is 14.9. The third-order valence-electron chi connectivity index (χ3n) is 4.20. The molecule has 0 fully saturated rings. The van der Waals surface area contributed by atoms with Crippen molar-refractivity contribution in [3.63, 3.8) is 0 Å². The lowest BCUT2D eigenvalue weighted by atomic mass is 10.1. The molecule has 0 unspecified atom stereocenters. The molecule has 3 aromatic rings. The molecule has 0 spiro atoms. The number of carbonyl (C=O) groups excluding carboxylic acids is 1. The molecular weight excluding hydrogens is 331 g/mol. The fraction of sp³-hybridized carbons (Fsp3) is 0.227. The summed E-state index contributed by atoms with van der Waals surface area (Å²) < 4.78 is 24.6. The third kappa shape index (κ3) is 4.02. The first-order valence-corrected chi connectivity index (χ1v) is 8.72. The summed E-state index contributed by atoms with van der Waals surface area (Å²) in [5, 5.41) is 0.621. The number of carbonyl (C=O) groups is 1. The quantitative estimate of drug-likeness (QED) is 0.299. The van der Waals surface area contributed by atoms with Crippen molar-refractivity contribution >= 4 is 22.8 Å². The smallest absolute Gasteiger partial charge is 0.221 e. The van der Waals surface area contributed by atoms with Gasteiger partial charge in [0.15, 0.2) is 5.76 Å². The van der Waals surface area contributed by atoms with Crippen LogP contribution in [0.5, 0.6) is 5.75 Å². The molecule has 1 aromatic heterocycles. The molecule has 0 saturated carbocycles. The van der Waals surface area contributed by atoms with Crippen LogP contribution in [0.3, 0.4) is 0 Å². The first-order valence-electron chi connectivity index (χ1n) is 8.72. The van der Waals surface area contributed by atoms with E-state index in [1.807, 2.05) is 24.3 Å². The number of hydrogen-bond donors (Lipinski definition) is 0. The Kier molecular flexibility index (Phi) is 5.52. The molecule has 3 nitrogen and oxygen atoms in total. The molecular formula is C22H21FO3. The maximum absolute atomic E-state index is 13.4. The normalized spacial score (nSPS) is 11.3. The van der Waals surface area contributed by atoms with Crippen molar-refractivity contribution in [1.82, 2.24) is 0 Å². The molecule has 0 N–H and O–H groups in total. The van der Waals surface area contributed by atoms with Crippen molar-refractivity contribution in [2.75, 3.05) is 6.61 Å². The maximum atomic E-state index is 13.4. The van der Waals surface area contributed by atoms with Gasteiger partial charge in [-0.1, -0.05) is 31.6 Å². The Bertz CT molecular complexity index is 936. The van der Waals surface area contributed by atoms with Crippen molar-refractivity contribution in [2.45, 2.75) is 26.7 Å². The van der Waals surface area contributed by atoms with E-state index in [1.54, 1.807) is 13.0 Å². The Morgan fingerprint density at radius 3 is 2.69 bits per heavy atom. The second kappa shape index (κ2) is 8.00. The van der Waals surface area contributed by atoms with Crippen LogP contribution in [-0.2, 0) is 0 Å². The maximum Gasteiger partial charge on any atom is 0.221 e. The summed E-state index contributed by atoms with van der Waals surface area (Å²) in [7, 11) is 0. The fourth-order valence-electron chi connectivity index (χ4n) is 2.69. The number of ketones is 1. The largest absolute Gasteiger partial charge is 0.494 e. The molecule has 3 rings (SSSR count). The minimum atomic E-state index is -0.350. The molecule has 0 bridgehead atoms. The Hall–Kier alpha value is -2.88. The molecule has 0 amide bonds. The minimum absolute atomic E-state index is 0.237. The van der Waals surface area contributed by atoms with Crippen molar-refractivity contribution in [2.24, 2.45) is 0 Å². The first-order chi connectivity index (χ1) is 12.6. The van der Waals surface area contributed by atoms with E-state index in [0.29, 0.717) is 23.1 Å². The van der Waals surface area contributed by atoms with E-state index in [4.69, 9.17) is 9.15 Å². The number of unbranched alkanes of at least 4 members (excludes halogenated alkanes) is 1. The fourth-order valence-corrected chi connectivity index (χ4v) is 2.69. The van der Waals surface area contributed by atoms with E-state index in [-0.39, 0.29) is 17.4 Å². The zero-order chi connectivity index (χ0) is 18.5. The number of halogens is 1. The molecule has 26 heavy (non-hydrogen) atoms. The molecule has 1 heterocycles. The van der Waals surface area contributed by atoms with E-state index >= 15 is 0 Å². The van der Waals surface area contributed by atoms with E-state index in [0.717, 1.165) is 24.2 Å². The van der Waals surface area contributed by atoms with Gasteiger partial charge >= 0.3 is 0 Å². The molecule has 0 aliphatic rings. The Morgan fingerprint density at radius 2 is 1.96 bits per heavy atom. The summed E-state index contributed by atoms with van der Waals surface area (Å²) in [6.07, 6.45) is 5.31. The van der Waals surface area contributed by atoms with Crippen LogP contribution in [0, 0.1) is 12.7 Å². The van der Waals surface area contributed by atoms with Gasteiger partial charge in [-0.15, -0.1) is 0 Å². The molecule has 4 heteroatoms. The van der Waals surface area contributed by atoms with Gasteiger partial charge in [-0.3, -0.25) is 4.79 Å². The molecule has 0 atom stereocenters. The highest BCUT2D eigenvalue weighted by Gasteiger charge is 2.15. The SMILES string of the molecule is CCCCOc1ccc(/C=C/C(=O)c2oc3ccc(F)cc3c2C)cc1. The van der Waals surface area contributed by atoms with Crippen LogP contribution in [-0.4, -0.2) is 12.4 Å². The Morgan fingerprint density at radius 1 is 1.19 bits per heavy atom. The molecule has 134 valence electrons. The average molecular weight is 352 g/mol. The predicted octanol–water partition coefficient (Wildman–Crippen LogP) is 5.96. The van der Waals surface area contributed by atoms with Gasteiger partial charge in [0.25, 0.3) is 0 Å². The van der Waals surface area contributed by atoms with Crippen molar-refractivity contribution in [1.29, 1.82) is 0 Å². The van der Waals surface area contributed by atoms with Crippen molar-refractivity contribution < 1.29 is 18.3 Å². The number of rotatable bonds is 7. The minimum Gasteiger partial charge on any atom is -0.494 e. The van der Waals surface area contributed by atoms with Gasteiger partial charge in [0.2, 0.25) is 5.78 Å². The van der Waals surface area contributed by atoms with Crippen LogP contribution in [0.1, 0.15) is 41.4 Å². The lowest BCUT2D eigenvalue weighted by Gasteiger charge is -2.04. The van der Waals surface area contributed by atoms with Crippen LogP contribution in [0.4, 0.5) is 4.39 Å². The second-order valence-corrected chi connectivity index (χ2v) is 6.17. The lowest BCUT2D eigenvalue weighted by Crippen LogP contribution is -1.96. The molecule has 2 aromatic carbocycles. The molecule has 0 saturated heterocycles. The number of hydrogen-bond acceptors (Lipinski definition) is 3. The predicted molar refractivity (Wildman–Crippen MR) is 101 cm³/mol. The lowest BCUT2D eigenvalue weighted by molar-refractivity contribution is 0.102. The third-order valence-corrected chi connectivity index (χ3v) is 4.20. The number of fused-ring (bicyclic) bond motifs is 1. The van der Waals surface area contributed by atoms with Gasteiger partial charge in [-0.2, -0.15) is 0 Å². The molecule has 0 radical (unpaired) electrons. The summed E-state index contributed by atoms with van der Waals surface area (Å²) in [5.74, 6) is 0.456. The standard InChI is InChI=1S/C22H21FO3/c1-3-4-13-25-18-9-5-16(6-10-18)7-11-20(24)22-15(2)19-14-17(23)8-12-21(19)26-22/h5-12,14H,3-4,13H2,1-2H3/b11-7+. The number of allylic oxidation sites excluding steroid dienone is 1. The molecule has 0 aliphatic heterocycles. The topological polar surface area (TPSA) is 39.4 Å². The monoisotopic (exact) mass is 352 g/mol. The van der Waals surface area contributed by atoms with Gasteiger partial charge < -0.3 is 9.15 Å². The van der Waals surface area contributed by atoms with E-state index in [9.17, 15) is 9.18 Å².